The van der Waals surface area contributed by atoms with Gasteiger partial charge in [-0.25, -0.2) is 17.6 Å². The van der Waals surface area contributed by atoms with Crippen LogP contribution in [0.3, 0.4) is 0 Å². The van der Waals surface area contributed by atoms with E-state index in [1.807, 2.05) is 12.1 Å². The Bertz CT molecular complexity index is 1510. The Morgan fingerprint density at radius 3 is 1.26 bits per heavy atom. The van der Waals surface area contributed by atoms with Gasteiger partial charge in [0.05, 0.1) is 22.8 Å². The molecular weight excluding hydrogens is 640 g/mol. The number of aromatic nitrogens is 4. The summed E-state index contributed by atoms with van der Waals surface area (Å²) >= 11 is 0. The van der Waals surface area contributed by atoms with Crippen LogP contribution in [0.4, 0.5) is 17.6 Å². The van der Waals surface area contributed by atoms with E-state index in [0.29, 0.717) is 53.7 Å². The van der Waals surface area contributed by atoms with Crippen molar-refractivity contribution in [3.8, 4) is 0 Å². The van der Waals surface area contributed by atoms with Crippen molar-refractivity contribution < 1.29 is 22.4 Å². The highest BCUT2D eigenvalue weighted by atomic mass is 19.1. The van der Waals surface area contributed by atoms with Gasteiger partial charge >= 0.3 is 0 Å². The molecule has 6 rings (SSSR count). The van der Waals surface area contributed by atoms with E-state index in [-0.39, 0.29) is 24.5 Å². The smallest absolute Gasteiger partial charge is 0.148 e. The molecule has 2 aliphatic rings. The molecule has 264 valence electrons. The molecule has 4 aromatic rings. The molecule has 2 unspecified atom stereocenters. The number of alkyl halides is 2. The third-order valence-electron chi connectivity index (χ3n) is 10.9. The number of nitrogens with zero attached hydrogens (tertiary/aromatic N) is 4. The van der Waals surface area contributed by atoms with Crippen LogP contribution in [0.15, 0.2) is 72.8 Å². The average molecular weight is 687 g/mol. The molecule has 2 saturated carbocycles. The number of hydrogen-bond acceptors (Lipinski definition) is 5. The Morgan fingerprint density at radius 2 is 0.920 bits per heavy atom. The van der Waals surface area contributed by atoms with Gasteiger partial charge in [0, 0.05) is 37.5 Å². The lowest BCUT2D eigenvalue weighted by atomic mass is 9.77. The Morgan fingerprint density at radius 1 is 0.540 bits per heavy atom. The number of carbonyl (C=O) groups is 1. The highest BCUT2D eigenvalue weighted by Crippen LogP contribution is 2.39. The molecule has 2 aromatic heterocycles. The monoisotopic (exact) mass is 686 g/mol. The second-order valence-corrected chi connectivity index (χ2v) is 14.4. The first kappa shape index (κ1) is 35.8. The first-order valence-electron chi connectivity index (χ1n) is 18.2. The van der Waals surface area contributed by atoms with Gasteiger partial charge in [-0.3, -0.25) is 4.79 Å². The van der Waals surface area contributed by atoms with Crippen molar-refractivity contribution in [3.63, 3.8) is 0 Å². The van der Waals surface area contributed by atoms with Gasteiger partial charge in [-0.2, -0.15) is 20.4 Å². The molecule has 0 aliphatic heterocycles. The summed E-state index contributed by atoms with van der Waals surface area (Å²) in [6, 6.07) is 18.9. The Kier molecular flexibility index (Phi) is 12.4. The SMILES string of the molecule is O=C(CCC1CCC(c2ccc(C(F)Cc3ccc(F)cc3)nn2)CC1)CCC1CCC(c2ccc(C(F)Cc3ccc(F)cc3)nn2)CC1. The normalized spacial score (nSPS) is 22.2. The molecular formula is C41H46F4N4O. The van der Waals surface area contributed by atoms with Gasteiger partial charge in [0.2, 0.25) is 0 Å². The Hall–Kier alpha value is -4.01. The van der Waals surface area contributed by atoms with E-state index in [1.54, 1.807) is 36.4 Å². The van der Waals surface area contributed by atoms with E-state index in [2.05, 4.69) is 20.4 Å². The molecule has 0 saturated heterocycles. The lowest BCUT2D eigenvalue weighted by Gasteiger charge is -2.28. The number of carbonyl (C=O) groups excluding carboxylic acids is 1. The third-order valence-corrected chi connectivity index (χ3v) is 10.9. The van der Waals surface area contributed by atoms with Crippen LogP contribution in [0.5, 0.6) is 0 Å². The minimum atomic E-state index is -1.29. The summed E-state index contributed by atoms with van der Waals surface area (Å²) in [5.41, 5.74) is 3.84. The van der Waals surface area contributed by atoms with Crippen molar-refractivity contribution in [1.29, 1.82) is 0 Å². The van der Waals surface area contributed by atoms with Crippen LogP contribution >= 0.6 is 0 Å². The van der Waals surface area contributed by atoms with Crippen molar-refractivity contribution in [1.82, 2.24) is 20.4 Å². The fraction of sp³-hybridized carbons (Fsp3) is 0.488. The van der Waals surface area contributed by atoms with Gasteiger partial charge in [-0.05, 0) is 136 Å². The first-order chi connectivity index (χ1) is 24.3. The van der Waals surface area contributed by atoms with E-state index in [4.69, 9.17) is 0 Å². The zero-order valence-electron chi connectivity index (χ0n) is 28.5. The molecule has 2 atom stereocenters. The van der Waals surface area contributed by atoms with Crippen LogP contribution in [0.25, 0.3) is 0 Å². The molecule has 2 aliphatic carbocycles. The van der Waals surface area contributed by atoms with Crippen molar-refractivity contribution in [3.05, 3.63) is 118 Å². The topological polar surface area (TPSA) is 68.6 Å². The van der Waals surface area contributed by atoms with E-state index in [0.717, 1.165) is 86.7 Å². The summed E-state index contributed by atoms with van der Waals surface area (Å²) in [4.78, 5) is 12.8. The fourth-order valence-electron chi connectivity index (χ4n) is 7.69. The second-order valence-electron chi connectivity index (χ2n) is 14.4. The number of Topliss-reactive ketones (excluding diaryl/α,β-unsaturated/α-hetero) is 1. The maximum absolute atomic E-state index is 14.8. The van der Waals surface area contributed by atoms with Crippen molar-refractivity contribution in [2.75, 3.05) is 0 Å². The molecule has 0 spiro atoms. The molecule has 0 N–H and O–H groups in total. The van der Waals surface area contributed by atoms with Crippen LogP contribution in [-0.4, -0.2) is 26.2 Å². The summed E-state index contributed by atoms with van der Waals surface area (Å²) in [5.74, 6) is 1.40. The fourth-order valence-corrected chi connectivity index (χ4v) is 7.69. The van der Waals surface area contributed by atoms with Gasteiger partial charge in [-0.15, -0.1) is 0 Å². The summed E-state index contributed by atoms with van der Waals surface area (Å²) in [6.45, 7) is 0. The minimum Gasteiger partial charge on any atom is -0.300 e. The number of halogens is 4. The van der Waals surface area contributed by atoms with Crippen LogP contribution in [-0.2, 0) is 17.6 Å². The van der Waals surface area contributed by atoms with Crippen LogP contribution in [0.1, 0.15) is 135 Å². The summed E-state index contributed by atoms with van der Waals surface area (Å²) in [7, 11) is 0. The van der Waals surface area contributed by atoms with E-state index < -0.39 is 12.3 Å². The van der Waals surface area contributed by atoms with E-state index >= 15 is 0 Å². The van der Waals surface area contributed by atoms with Gasteiger partial charge < -0.3 is 0 Å². The highest BCUT2D eigenvalue weighted by molar-refractivity contribution is 5.78. The Balaban J connectivity index is 0.848. The molecule has 2 heterocycles. The number of benzene rings is 2. The van der Waals surface area contributed by atoms with Crippen molar-refractivity contribution in [2.24, 2.45) is 11.8 Å². The predicted octanol–water partition coefficient (Wildman–Crippen LogP) is 10.4. The predicted molar refractivity (Wildman–Crippen MR) is 185 cm³/mol. The van der Waals surface area contributed by atoms with Gasteiger partial charge in [0.25, 0.3) is 0 Å². The third kappa shape index (κ3) is 10.0. The quantitative estimate of drug-likeness (QED) is 0.124. The lowest BCUT2D eigenvalue weighted by molar-refractivity contribution is -0.119. The molecule has 5 nitrogen and oxygen atoms in total. The van der Waals surface area contributed by atoms with Crippen LogP contribution in [0.2, 0.25) is 0 Å². The van der Waals surface area contributed by atoms with Gasteiger partial charge in [-0.1, -0.05) is 24.3 Å². The maximum Gasteiger partial charge on any atom is 0.148 e. The number of hydrogen-bond donors (Lipinski definition) is 0. The van der Waals surface area contributed by atoms with Crippen LogP contribution < -0.4 is 0 Å². The maximum atomic E-state index is 14.8. The second kappa shape index (κ2) is 17.3. The first-order valence-corrected chi connectivity index (χ1v) is 18.2. The molecule has 50 heavy (non-hydrogen) atoms. The zero-order chi connectivity index (χ0) is 34.9. The largest absolute Gasteiger partial charge is 0.300 e. The Labute approximate surface area is 292 Å². The molecule has 9 heteroatoms. The molecule has 0 radical (unpaired) electrons. The van der Waals surface area contributed by atoms with Crippen molar-refractivity contribution in [2.45, 2.75) is 114 Å². The number of ketones is 1. The summed E-state index contributed by atoms with van der Waals surface area (Å²) < 4.78 is 55.8. The minimum absolute atomic E-state index is 0.136. The molecule has 2 aromatic carbocycles. The molecule has 0 amide bonds. The molecule has 0 bridgehead atoms. The summed E-state index contributed by atoms with van der Waals surface area (Å²) in [6.07, 6.45) is 9.11. The lowest BCUT2D eigenvalue weighted by Crippen LogP contribution is -2.17. The molecule has 2 fully saturated rings. The highest BCUT2D eigenvalue weighted by Gasteiger charge is 2.27. The van der Waals surface area contributed by atoms with Crippen LogP contribution in [0, 0.1) is 23.5 Å². The van der Waals surface area contributed by atoms with Crippen molar-refractivity contribution >= 4 is 5.78 Å². The number of rotatable bonds is 14. The van der Waals surface area contributed by atoms with Gasteiger partial charge in [0.15, 0.2) is 0 Å². The summed E-state index contributed by atoms with van der Waals surface area (Å²) in [5, 5.41) is 17.1. The van der Waals surface area contributed by atoms with Gasteiger partial charge in [0.1, 0.15) is 29.8 Å². The zero-order valence-corrected chi connectivity index (χ0v) is 28.5. The van der Waals surface area contributed by atoms with E-state index in [9.17, 15) is 22.4 Å². The van der Waals surface area contributed by atoms with E-state index in [1.165, 1.54) is 24.3 Å². The standard InChI is InChI=1S/C41H46F4N4O/c42-33-15-5-29(6-16-33)25-36(44)40-23-21-38(46-48-40)31-11-1-27(2-12-31)9-19-35(50)20-10-28-3-13-32(14-4-28)39-22-24-41(49-47-39)37(45)26-30-7-17-34(43)18-8-30/h5-8,15-18,21-24,27-28,31-32,36-37H,1-4,9-14,19-20,25-26H2. The average Bonchev–Trinajstić information content (AvgIpc) is 3.15.